The van der Waals surface area contributed by atoms with Crippen LogP contribution in [0.5, 0.6) is 0 Å². The van der Waals surface area contributed by atoms with Gasteiger partial charge in [0.1, 0.15) is 0 Å². The molecule has 20 heavy (non-hydrogen) atoms. The monoisotopic (exact) mass is 280 g/mol. The van der Waals surface area contributed by atoms with Gasteiger partial charge in [-0.25, -0.2) is 0 Å². The average molecular weight is 280 g/mol. The Bertz CT molecular complexity index is 267. The minimum Gasteiger partial charge on any atom is -0.466 e. The molecule has 0 N–H and O–H groups in total. The summed E-state index contributed by atoms with van der Waals surface area (Å²) in [6.45, 7) is 4.12. The molecule has 2 heteroatoms. The first-order valence-corrected chi connectivity index (χ1v) is 8.17. The second kappa shape index (κ2) is 16.0. The second-order valence-electron chi connectivity index (χ2n) is 5.23. The Morgan fingerprint density at radius 3 is 2.05 bits per heavy atom. The van der Waals surface area contributed by atoms with Gasteiger partial charge in [-0.15, -0.1) is 0 Å². The van der Waals surface area contributed by atoms with Crippen molar-refractivity contribution >= 4 is 5.97 Å². The Labute approximate surface area is 125 Å². The molecule has 0 aromatic carbocycles. The number of allylic oxidation sites excluding steroid dienone is 4. The van der Waals surface area contributed by atoms with Gasteiger partial charge in [-0.2, -0.15) is 0 Å². The van der Waals surface area contributed by atoms with Gasteiger partial charge in [0, 0.05) is 6.92 Å². The highest BCUT2D eigenvalue weighted by Crippen LogP contribution is 2.10. The third-order valence-corrected chi connectivity index (χ3v) is 3.24. The zero-order valence-electron chi connectivity index (χ0n) is 13.4. The fourth-order valence-corrected chi connectivity index (χ4v) is 2.07. The van der Waals surface area contributed by atoms with Gasteiger partial charge in [0.15, 0.2) is 0 Å². The highest BCUT2D eigenvalue weighted by atomic mass is 16.5. The van der Waals surface area contributed by atoms with Crippen molar-refractivity contribution in [3.63, 3.8) is 0 Å². The molecule has 0 heterocycles. The summed E-state index contributed by atoms with van der Waals surface area (Å²) in [7, 11) is 0. The number of hydrogen-bond acceptors (Lipinski definition) is 2. The van der Waals surface area contributed by atoms with Crippen molar-refractivity contribution in [1.82, 2.24) is 0 Å². The molecule has 0 aromatic rings. The van der Waals surface area contributed by atoms with E-state index in [2.05, 4.69) is 31.2 Å². The SMILES string of the molecule is C/C=C/C/C=C\CCCCCCCCCCOC(C)=O. The van der Waals surface area contributed by atoms with Crippen molar-refractivity contribution in [1.29, 1.82) is 0 Å². The van der Waals surface area contributed by atoms with Crippen LogP contribution < -0.4 is 0 Å². The van der Waals surface area contributed by atoms with Gasteiger partial charge in [-0.1, -0.05) is 62.8 Å². The van der Waals surface area contributed by atoms with Crippen LogP contribution in [0.4, 0.5) is 0 Å². The summed E-state index contributed by atoms with van der Waals surface area (Å²) in [4.78, 5) is 10.5. The molecule has 0 fully saturated rings. The van der Waals surface area contributed by atoms with Crippen LogP contribution in [0.3, 0.4) is 0 Å². The Hall–Kier alpha value is -1.05. The lowest BCUT2D eigenvalue weighted by molar-refractivity contribution is -0.141. The zero-order chi connectivity index (χ0) is 14.9. The number of rotatable bonds is 13. The molecule has 0 amide bonds. The summed E-state index contributed by atoms with van der Waals surface area (Å²) >= 11 is 0. The average Bonchev–Trinajstić information content (AvgIpc) is 2.43. The predicted molar refractivity (Wildman–Crippen MR) is 86.8 cm³/mol. The van der Waals surface area contributed by atoms with Crippen LogP contribution in [0.1, 0.15) is 78.1 Å². The Kier molecular flexibility index (Phi) is 15.2. The Balaban J connectivity index is 3.06. The van der Waals surface area contributed by atoms with E-state index in [1.807, 2.05) is 0 Å². The molecule has 0 aliphatic rings. The highest BCUT2D eigenvalue weighted by molar-refractivity contribution is 5.65. The Morgan fingerprint density at radius 1 is 0.850 bits per heavy atom. The number of unbranched alkanes of at least 4 members (excludes halogenated alkanes) is 8. The summed E-state index contributed by atoms with van der Waals surface area (Å²) in [5.41, 5.74) is 0. The van der Waals surface area contributed by atoms with E-state index < -0.39 is 0 Å². The van der Waals surface area contributed by atoms with E-state index in [-0.39, 0.29) is 5.97 Å². The lowest BCUT2D eigenvalue weighted by Crippen LogP contribution is -2.00. The molecule has 2 nitrogen and oxygen atoms in total. The van der Waals surface area contributed by atoms with Crippen LogP contribution in [0, 0.1) is 0 Å². The van der Waals surface area contributed by atoms with E-state index in [0.717, 1.165) is 12.8 Å². The Morgan fingerprint density at radius 2 is 1.45 bits per heavy atom. The van der Waals surface area contributed by atoms with Crippen LogP contribution in [0.15, 0.2) is 24.3 Å². The topological polar surface area (TPSA) is 26.3 Å². The van der Waals surface area contributed by atoms with E-state index in [0.29, 0.717) is 6.61 Å². The lowest BCUT2D eigenvalue weighted by atomic mass is 10.1. The molecule has 116 valence electrons. The molecule has 0 saturated carbocycles. The van der Waals surface area contributed by atoms with Crippen LogP contribution >= 0.6 is 0 Å². The maximum Gasteiger partial charge on any atom is 0.302 e. The maximum atomic E-state index is 10.5. The molecule has 0 bridgehead atoms. The third kappa shape index (κ3) is 16.9. The third-order valence-electron chi connectivity index (χ3n) is 3.24. The quantitative estimate of drug-likeness (QED) is 0.250. The van der Waals surface area contributed by atoms with Crippen LogP contribution in [0.2, 0.25) is 0 Å². The first-order valence-electron chi connectivity index (χ1n) is 8.17. The maximum absolute atomic E-state index is 10.5. The van der Waals surface area contributed by atoms with E-state index in [1.165, 1.54) is 58.3 Å². The molecular weight excluding hydrogens is 248 g/mol. The summed E-state index contributed by atoms with van der Waals surface area (Å²) in [6.07, 6.45) is 21.3. The molecule has 0 aliphatic heterocycles. The smallest absolute Gasteiger partial charge is 0.302 e. The normalized spacial score (nSPS) is 11.5. The van der Waals surface area contributed by atoms with Crippen molar-refractivity contribution < 1.29 is 9.53 Å². The molecule has 0 atom stereocenters. The van der Waals surface area contributed by atoms with E-state index in [4.69, 9.17) is 4.74 Å². The van der Waals surface area contributed by atoms with Gasteiger partial charge < -0.3 is 4.74 Å². The molecule has 0 saturated heterocycles. The minimum atomic E-state index is -0.162. The molecule has 0 aromatic heterocycles. The van der Waals surface area contributed by atoms with Crippen molar-refractivity contribution in [3.8, 4) is 0 Å². The fraction of sp³-hybridized carbons (Fsp3) is 0.722. The van der Waals surface area contributed by atoms with Crippen molar-refractivity contribution in [2.45, 2.75) is 78.1 Å². The summed E-state index contributed by atoms with van der Waals surface area (Å²) < 4.78 is 4.90. The number of ether oxygens (including phenoxy) is 1. The summed E-state index contributed by atoms with van der Waals surface area (Å²) in [5, 5.41) is 0. The van der Waals surface area contributed by atoms with Crippen LogP contribution in [-0.4, -0.2) is 12.6 Å². The van der Waals surface area contributed by atoms with Crippen molar-refractivity contribution in [2.24, 2.45) is 0 Å². The second-order valence-corrected chi connectivity index (χ2v) is 5.23. The van der Waals surface area contributed by atoms with Crippen LogP contribution in [0.25, 0.3) is 0 Å². The first kappa shape index (κ1) is 18.9. The largest absolute Gasteiger partial charge is 0.466 e. The van der Waals surface area contributed by atoms with E-state index in [1.54, 1.807) is 0 Å². The van der Waals surface area contributed by atoms with Gasteiger partial charge in [-0.05, 0) is 32.6 Å². The standard InChI is InChI=1S/C18H32O2/c1-3-4-5-6-7-8-9-10-11-12-13-14-15-16-17-20-18(2)19/h3-4,6-7H,5,8-17H2,1-2H3/b4-3+,7-6-. The molecule has 0 unspecified atom stereocenters. The van der Waals surface area contributed by atoms with E-state index >= 15 is 0 Å². The molecule has 0 aliphatic carbocycles. The van der Waals surface area contributed by atoms with E-state index in [9.17, 15) is 4.79 Å². The zero-order valence-corrected chi connectivity index (χ0v) is 13.4. The van der Waals surface area contributed by atoms with Gasteiger partial charge in [0.05, 0.1) is 6.61 Å². The fourth-order valence-electron chi connectivity index (χ4n) is 2.07. The molecular formula is C18H32O2. The molecule has 0 rings (SSSR count). The molecule has 0 spiro atoms. The predicted octanol–water partition coefficient (Wildman–Crippen LogP) is 5.58. The van der Waals surface area contributed by atoms with Crippen LogP contribution in [-0.2, 0) is 9.53 Å². The first-order chi connectivity index (χ1) is 9.77. The number of carbonyl (C=O) groups excluding carboxylic acids is 1. The van der Waals surface area contributed by atoms with Gasteiger partial charge in [-0.3, -0.25) is 4.79 Å². The summed E-state index contributed by atoms with van der Waals surface area (Å²) in [5.74, 6) is -0.162. The van der Waals surface area contributed by atoms with Crippen molar-refractivity contribution in [3.05, 3.63) is 24.3 Å². The van der Waals surface area contributed by atoms with Crippen molar-refractivity contribution in [2.75, 3.05) is 6.61 Å². The molecule has 0 radical (unpaired) electrons. The minimum absolute atomic E-state index is 0.162. The number of hydrogen-bond donors (Lipinski definition) is 0. The number of carbonyl (C=O) groups is 1. The number of esters is 1. The van der Waals surface area contributed by atoms with Gasteiger partial charge in [0.25, 0.3) is 0 Å². The lowest BCUT2D eigenvalue weighted by Gasteiger charge is -2.02. The van der Waals surface area contributed by atoms with Gasteiger partial charge >= 0.3 is 5.97 Å². The summed E-state index contributed by atoms with van der Waals surface area (Å²) in [6, 6.07) is 0. The van der Waals surface area contributed by atoms with Gasteiger partial charge in [0.2, 0.25) is 0 Å². The highest BCUT2D eigenvalue weighted by Gasteiger charge is 1.94.